The molecule has 4 aromatic heterocycles. The smallest absolute Gasteiger partial charge is 0.254 e. The number of halogens is 1. The van der Waals surface area contributed by atoms with Crippen LogP contribution in [0.5, 0.6) is 5.88 Å². The lowest BCUT2D eigenvalue weighted by molar-refractivity contribution is -0.214. The van der Waals surface area contributed by atoms with E-state index in [0.29, 0.717) is 54.2 Å². The molecule has 6 heterocycles. The van der Waals surface area contributed by atoms with Crippen molar-refractivity contribution in [2.45, 2.75) is 76.7 Å². The Kier molecular flexibility index (Phi) is 5.99. The number of carbonyl (C=O) groups excluding carboxylic acids is 2. The number of aromatic nitrogens is 4. The van der Waals surface area contributed by atoms with Gasteiger partial charge in [0.15, 0.2) is 5.88 Å². The van der Waals surface area contributed by atoms with Crippen LogP contribution < -0.4 is 15.4 Å². The number of likely N-dealkylation sites (tertiary alicyclic amines) is 1. The van der Waals surface area contributed by atoms with E-state index < -0.39 is 11.1 Å². The van der Waals surface area contributed by atoms with Crippen molar-refractivity contribution in [3.8, 4) is 17.3 Å². The van der Waals surface area contributed by atoms with E-state index in [4.69, 9.17) is 14.7 Å². The van der Waals surface area contributed by atoms with Crippen LogP contribution in [0, 0.1) is 24.2 Å². The molecule has 2 amide bonds. The third-order valence-electron chi connectivity index (χ3n) is 11.4. The van der Waals surface area contributed by atoms with Crippen LogP contribution in [0.25, 0.3) is 28.1 Å². The molecular weight excluding hydrogens is 585 g/mol. The van der Waals surface area contributed by atoms with E-state index in [1.807, 2.05) is 41.3 Å². The van der Waals surface area contributed by atoms with Crippen molar-refractivity contribution in [2.24, 2.45) is 17.3 Å². The highest BCUT2D eigenvalue weighted by Crippen LogP contribution is 2.69. The van der Waals surface area contributed by atoms with Crippen molar-refractivity contribution in [3.05, 3.63) is 47.3 Å². The fraction of sp³-hybridized carbons (Fsp3) is 0.543. The second-order valence-corrected chi connectivity index (χ2v) is 14.7. The van der Waals surface area contributed by atoms with Gasteiger partial charge in [-0.3, -0.25) is 14.0 Å². The summed E-state index contributed by atoms with van der Waals surface area (Å²) in [4.78, 5) is 38.8. The fourth-order valence-electron chi connectivity index (χ4n) is 8.64. The van der Waals surface area contributed by atoms with Crippen LogP contribution in [-0.4, -0.2) is 74.1 Å². The number of fused-ring (bicyclic) bond motifs is 3. The highest BCUT2D eigenvalue weighted by molar-refractivity contribution is 5.96. The summed E-state index contributed by atoms with van der Waals surface area (Å²) in [6.45, 7) is 7.35. The molecule has 11 heteroatoms. The van der Waals surface area contributed by atoms with E-state index in [-0.39, 0.29) is 17.9 Å². The maximum Gasteiger partial charge on any atom is 0.254 e. The van der Waals surface area contributed by atoms with Gasteiger partial charge in [0, 0.05) is 42.7 Å². The van der Waals surface area contributed by atoms with Crippen molar-refractivity contribution >= 4 is 28.5 Å². The summed E-state index contributed by atoms with van der Waals surface area (Å²) in [7, 11) is 1.63. The first kappa shape index (κ1) is 28.3. The number of aryl methyl sites for hydroxylation is 1. The number of pyridine rings is 2. The van der Waals surface area contributed by atoms with Crippen LogP contribution in [0.4, 0.5) is 4.39 Å². The number of hydrogen-bond donors (Lipinski definition) is 2. The molecule has 3 atom stereocenters. The van der Waals surface area contributed by atoms with Crippen molar-refractivity contribution in [1.82, 2.24) is 34.5 Å². The van der Waals surface area contributed by atoms with Crippen molar-refractivity contribution in [2.75, 3.05) is 26.7 Å². The Balaban J connectivity index is 1.06. The summed E-state index contributed by atoms with van der Waals surface area (Å²) in [6.07, 6.45) is 4.50. The predicted molar refractivity (Wildman–Crippen MR) is 170 cm³/mol. The van der Waals surface area contributed by atoms with Crippen LogP contribution in [0.3, 0.4) is 0 Å². The van der Waals surface area contributed by atoms with Crippen LogP contribution in [-0.2, 0) is 11.3 Å². The largest absolute Gasteiger partial charge is 0.482 e. The normalized spacial score (nSPS) is 28.7. The van der Waals surface area contributed by atoms with Crippen LogP contribution >= 0.6 is 0 Å². The summed E-state index contributed by atoms with van der Waals surface area (Å²) in [5.41, 5.74) is 3.99. The highest BCUT2D eigenvalue weighted by atomic mass is 19.1. The minimum Gasteiger partial charge on any atom is -0.482 e. The summed E-state index contributed by atoms with van der Waals surface area (Å²) >= 11 is 0. The number of rotatable bonds is 8. The SMILES string of the molecule is COc1cc(C(=O)N2C[C@H]3CCN[C@H]3C2)cc2nc(-c3cc4ccc([C@@H](C)NC(=O)C56CC(F)(C5)C6)nc4n3CC3CC3)c(C)n12. The lowest BCUT2D eigenvalue weighted by Crippen LogP contribution is -2.70. The van der Waals surface area contributed by atoms with E-state index in [1.165, 1.54) is 12.8 Å². The van der Waals surface area contributed by atoms with E-state index in [2.05, 4.69) is 27.3 Å². The van der Waals surface area contributed by atoms with Crippen LogP contribution in [0.15, 0.2) is 30.3 Å². The van der Waals surface area contributed by atoms with Gasteiger partial charge in [0.1, 0.15) is 22.7 Å². The Bertz CT molecular complexity index is 1910. The van der Waals surface area contributed by atoms with Gasteiger partial charge in [0.2, 0.25) is 5.91 Å². The zero-order valence-corrected chi connectivity index (χ0v) is 26.6. The molecule has 0 unspecified atom stereocenters. The van der Waals surface area contributed by atoms with E-state index >= 15 is 0 Å². The van der Waals surface area contributed by atoms with E-state index in [1.54, 1.807) is 7.11 Å². The molecule has 2 saturated heterocycles. The average molecular weight is 626 g/mol. The molecule has 10 nitrogen and oxygen atoms in total. The maximum atomic E-state index is 14.1. The number of nitrogens with one attached hydrogen (secondary N) is 2. The van der Waals surface area contributed by atoms with Gasteiger partial charge < -0.3 is 24.8 Å². The molecule has 10 rings (SSSR count). The number of hydrogen-bond acceptors (Lipinski definition) is 6. The Labute approximate surface area is 266 Å². The number of amides is 2. The Morgan fingerprint density at radius 3 is 2.65 bits per heavy atom. The monoisotopic (exact) mass is 625 g/mol. The van der Waals surface area contributed by atoms with Crippen LogP contribution in [0.1, 0.15) is 73.2 Å². The predicted octanol–water partition coefficient (Wildman–Crippen LogP) is 4.58. The number of alkyl halides is 1. The van der Waals surface area contributed by atoms with Gasteiger partial charge in [-0.05, 0) is 95.0 Å². The van der Waals surface area contributed by atoms with Gasteiger partial charge in [-0.2, -0.15) is 0 Å². The molecule has 240 valence electrons. The molecule has 2 aliphatic heterocycles. The first-order valence-corrected chi connectivity index (χ1v) is 16.7. The second kappa shape index (κ2) is 9.76. The van der Waals surface area contributed by atoms with Gasteiger partial charge in [-0.1, -0.05) is 0 Å². The molecule has 6 fully saturated rings. The topological polar surface area (TPSA) is 106 Å². The first-order valence-electron chi connectivity index (χ1n) is 16.7. The van der Waals surface area contributed by atoms with E-state index in [9.17, 15) is 14.0 Å². The van der Waals surface area contributed by atoms with Gasteiger partial charge in [0.05, 0.1) is 35.6 Å². The molecule has 2 N–H and O–H groups in total. The lowest BCUT2D eigenvalue weighted by atomic mass is 9.42. The lowest BCUT2D eigenvalue weighted by Gasteiger charge is -2.64. The molecule has 46 heavy (non-hydrogen) atoms. The molecule has 0 spiro atoms. The summed E-state index contributed by atoms with van der Waals surface area (Å²) in [5.74, 6) is 1.63. The molecule has 4 aromatic rings. The zero-order chi connectivity index (χ0) is 31.5. The summed E-state index contributed by atoms with van der Waals surface area (Å²) < 4.78 is 24.2. The Hall–Kier alpha value is -3.99. The molecule has 4 saturated carbocycles. The van der Waals surface area contributed by atoms with E-state index in [0.717, 1.165) is 66.4 Å². The number of carbonyl (C=O) groups is 2. The Morgan fingerprint density at radius 1 is 1.13 bits per heavy atom. The molecule has 4 aliphatic carbocycles. The number of nitrogens with zero attached hydrogens (tertiary/aromatic N) is 5. The zero-order valence-electron chi connectivity index (χ0n) is 26.6. The number of ether oxygens (including phenoxy) is 1. The van der Waals surface area contributed by atoms with Crippen molar-refractivity contribution in [1.29, 1.82) is 0 Å². The minimum absolute atomic E-state index is 0.0122. The summed E-state index contributed by atoms with van der Waals surface area (Å²) in [5, 5.41) is 7.65. The number of imidazole rings is 1. The van der Waals surface area contributed by atoms with Gasteiger partial charge >= 0.3 is 0 Å². The molecular formula is C35H40FN7O3. The van der Waals surface area contributed by atoms with Gasteiger partial charge in [-0.25, -0.2) is 14.4 Å². The standard InChI is InChI=1S/C35H40FN7O3/c1-19(38-33(45)34-16-35(36,17-34)18-34)25-7-6-22-10-27(42(31(22)39-25)13-21-4-5-21)30-20(2)43-28(40-30)11-24(12-29(43)46-3)32(44)41-14-23-8-9-37-26(23)15-41/h6-7,10-12,19,21,23,26,37H,4-5,8-9,13-18H2,1-3H3,(H,38,45)/t19-,23-,26+,34?,35?/m1/s1. The molecule has 0 aromatic carbocycles. The van der Waals surface area contributed by atoms with Crippen molar-refractivity contribution < 1.29 is 18.7 Å². The third kappa shape index (κ3) is 4.23. The Morgan fingerprint density at radius 2 is 1.93 bits per heavy atom. The quantitative estimate of drug-likeness (QED) is 0.297. The first-order chi connectivity index (χ1) is 22.1. The molecule has 2 bridgehead atoms. The fourth-order valence-corrected chi connectivity index (χ4v) is 8.64. The van der Waals surface area contributed by atoms with Crippen molar-refractivity contribution in [3.63, 3.8) is 0 Å². The molecule has 0 radical (unpaired) electrons. The highest BCUT2D eigenvalue weighted by Gasteiger charge is 2.72. The second-order valence-electron chi connectivity index (χ2n) is 14.7. The average Bonchev–Trinajstić information content (AvgIpc) is 3.28. The van der Waals surface area contributed by atoms with Crippen LogP contribution in [0.2, 0.25) is 0 Å². The molecule has 6 aliphatic rings. The van der Waals surface area contributed by atoms with Gasteiger partial charge in [0.25, 0.3) is 5.91 Å². The maximum absolute atomic E-state index is 14.1. The summed E-state index contributed by atoms with van der Waals surface area (Å²) in [6, 6.07) is 9.98. The third-order valence-corrected chi connectivity index (χ3v) is 11.4. The number of methoxy groups -OCH3 is 1. The van der Waals surface area contributed by atoms with Gasteiger partial charge in [-0.15, -0.1) is 0 Å². The minimum atomic E-state index is -1.11.